The van der Waals surface area contributed by atoms with Crippen LogP contribution in [0.5, 0.6) is 0 Å². The van der Waals surface area contributed by atoms with Crippen LogP contribution in [0.3, 0.4) is 0 Å². The van der Waals surface area contributed by atoms with E-state index in [-0.39, 0.29) is 36.5 Å². The standard InChI is InChI=1S/C19H28FN3O3/c1-2-15(16-3-5-17(20)6-4-16)13-18(24)22-14-19(25)21-7-8-23-9-11-26-12-10-23/h3-6,15H,2,7-14H2,1H3,(H,21,25)(H,22,24). The highest BCUT2D eigenvalue weighted by Crippen LogP contribution is 2.23. The predicted octanol–water partition coefficient (Wildman–Crippen LogP) is 1.27. The number of amides is 2. The van der Waals surface area contributed by atoms with Crippen molar-refractivity contribution < 1.29 is 18.7 Å². The van der Waals surface area contributed by atoms with Crippen LogP contribution in [0.1, 0.15) is 31.2 Å². The van der Waals surface area contributed by atoms with Crippen LogP contribution in [0.25, 0.3) is 0 Å². The van der Waals surface area contributed by atoms with E-state index in [4.69, 9.17) is 4.74 Å². The van der Waals surface area contributed by atoms with E-state index in [1.807, 2.05) is 6.92 Å². The Hall–Kier alpha value is -1.99. The molecule has 1 aliphatic rings. The highest BCUT2D eigenvalue weighted by atomic mass is 19.1. The molecule has 0 bridgehead atoms. The molecular formula is C19H28FN3O3. The van der Waals surface area contributed by atoms with Gasteiger partial charge in [0.05, 0.1) is 19.8 Å². The number of rotatable bonds is 9. The molecule has 1 fully saturated rings. The fourth-order valence-corrected chi connectivity index (χ4v) is 2.95. The van der Waals surface area contributed by atoms with Crippen LogP contribution < -0.4 is 10.6 Å². The van der Waals surface area contributed by atoms with Crippen molar-refractivity contribution in [3.63, 3.8) is 0 Å². The van der Waals surface area contributed by atoms with E-state index in [0.29, 0.717) is 6.54 Å². The first-order valence-corrected chi connectivity index (χ1v) is 9.17. The number of hydrogen-bond acceptors (Lipinski definition) is 4. The lowest BCUT2D eigenvalue weighted by Crippen LogP contribution is -2.43. The van der Waals surface area contributed by atoms with Crippen molar-refractivity contribution in [2.75, 3.05) is 45.9 Å². The largest absolute Gasteiger partial charge is 0.379 e. The number of nitrogens with zero attached hydrogens (tertiary/aromatic N) is 1. The van der Waals surface area contributed by atoms with Crippen LogP contribution >= 0.6 is 0 Å². The molecule has 26 heavy (non-hydrogen) atoms. The van der Waals surface area contributed by atoms with Crippen LogP contribution in [0.2, 0.25) is 0 Å². The summed E-state index contributed by atoms with van der Waals surface area (Å²) in [5, 5.41) is 5.47. The van der Waals surface area contributed by atoms with Gasteiger partial charge in [-0.05, 0) is 30.0 Å². The summed E-state index contributed by atoms with van der Waals surface area (Å²) in [4.78, 5) is 26.2. The van der Waals surface area contributed by atoms with E-state index >= 15 is 0 Å². The van der Waals surface area contributed by atoms with Gasteiger partial charge in [-0.2, -0.15) is 0 Å². The molecule has 1 aromatic carbocycles. The number of halogens is 1. The van der Waals surface area contributed by atoms with Gasteiger partial charge in [0.2, 0.25) is 11.8 Å². The lowest BCUT2D eigenvalue weighted by Gasteiger charge is -2.26. The Morgan fingerprint density at radius 2 is 1.85 bits per heavy atom. The molecule has 0 aromatic heterocycles. The molecule has 1 saturated heterocycles. The van der Waals surface area contributed by atoms with E-state index in [2.05, 4.69) is 15.5 Å². The zero-order valence-corrected chi connectivity index (χ0v) is 15.3. The zero-order chi connectivity index (χ0) is 18.8. The van der Waals surface area contributed by atoms with Crippen LogP contribution in [-0.2, 0) is 14.3 Å². The molecular weight excluding hydrogens is 337 g/mol. The van der Waals surface area contributed by atoms with Gasteiger partial charge in [-0.3, -0.25) is 14.5 Å². The number of ether oxygens (including phenoxy) is 1. The molecule has 0 radical (unpaired) electrons. The third kappa shape index (κ3) is 7.09. The predicted molar refractivity (Wildman–Crippen MR) is 97.3 cm³/mol. The average Bonchev–Trinajstić information content (AvgIpc) is 2.66. The summed E-state index contributed by atoms with van der Waals surface area (Å²) >= 11 is 0. The second kappa shape index (κ2) is 10.9. The maximum absolute atomic E-state index is 13.0. The molecule has 7 heteroatoms. The summed E-state index contributed by atoms with van der Waals surface area (Å²) in [5.41, 5.74) is 0.930. The lowest BCUT2D eigenvalue weighted by atomic mass is 9.93. The molecule has 2 amide bonds. The smallest absolute Gasteiger partial charge is 0.239 e. The SMILES string of the molecule is CCC(CC(=O)NCC(=O)NCCN1CCOCC1)c1ccc(F)cc1. The van der Waals surface area contributed by atoms with E-state index in [9.17, 15) is 14.0 Å². The van der Waals surface area contributed by atoms with Gasteiger partial charge in [0.25, 0.3) is 0 Å². The molecule has 2 rings (SSSR count). The Labute approximate surface area is 154 Å². The van der Waals surface area contributed by atoms with Crippen molar-refractivity contribution >= 4 is 11.8 Å². The molecule has 0 aliphatic carbocycles. The fraction of sp³-hybridized carbons (Fsp3) is 0.579. The highest BCUT2D eigenvalue weighted by molar-refractivity contribution is 5.84. The molecule has 1 heterocycles. The van der Waals surface area contributed by atoms with Crippen molar-refractivity contribution in [2.45, 2.75) is 25.7 Å². The average molecular weight is 365 g/mol. The minimum absolute atomic E-state index is 0.0139. The third-order valence-electron chi connectivity index (χ3n) is 4.57. The summed E-state index contributed by atoms with van der Waals surface area (Å²) < 4.78 is 18.3. The minimum Gasteiger partial charge on any atom is -0.379 e. The molecule has 1 unspecified atom stereocenters. The van der Waals surface area contributed by atoms with Gasteiger partial charge in [0, 0.05) is 32.6 Å². The highest BCUT2D eigenvalue weighted by Gasteiger charge is 2.15. The quantitative estimate of drug-likeness (QED) is 0.692. The lowest BCUT2D eigenvalue weighted by molar-refractivity contribution is -0.126. The number of carbonyl (C=O) groups is 2. The van der Waals surface area contributed by atoms with Gasteiger partial charge in [-0.1, -0.05) is 19.1 Å². The Bertz CT molecular complexity index is 574. The molecule has 0 spiro atoms. The second-order valence-corrected chi connectivity index (χ2v) is 6.44. The van der Waals surface area contributed by atoms with E-state index in [1.165, 1.54) is 12.1 Å². The fourth-order valence-electron chi connectivity index (χ4n) is 2.95. The van der Waals surface area contributed by atoms with Crippen LogP contribution in [-0.4, -0.2) is 62.7 Å². The molecule has 2 N–H and O–H groups in total. The van der Waals surface area contributed by atoms with Gasteiger partial charge < -0.3 is 15.4 Å². The van der Waals surface area contributed by atoms with Crippen molar-refractivity contribution in [1.82, 2.24) is 15.5 Å². The molecule has 6 nitrogen and oxygen atoms in total. The summed E-state index contributed by atoms with van der Waals surface area (Å²) in [6, 6.07) is 6.21. The van der Waals surface area contributed by atoms with Crippen molar-refractivity contribution in [3.8, 4) is 0 Å². The normalized spacial score (nSPS) is 16.1. The third-order valence-corrected chi connectivity index (χ3v) is 4.57. The molecule has 1 aliphatic heterocycles. The molecule has 0 saturated carbocycles. The molecule has 1 aromatic rings. The van der Waals surface area contributed by atoms with Gasteiger partial charge in [0.15, 0.2) is 0 Å². The molecule has 144 valence electrons. The van der Waals surface area contributed by atoms with Crippen LogP contribution in [0.15, 0.2) is 24.3 Å². The number of carbonyl (C=O) groups excluding carboxylic acids is 2. The summed E-state index contributed by atoms with van der Waals surface area (Å²) in [7, 11) is 0. The van der Waals surface area contributed by atoms with Gasteiger partial charge in [-0.15, -0.1) is 0 Å². The zero-order valence-electron chi connectivity index (χ0n) is 15.3. The Kier molecular flexibility index (Phi) is 8.50. The summed E-state index contributed by atoms with van der Waals surface area (Å²) in [6.07, 6.45) is 1.05. The summed E-state index contributed by atoms with van der Waals surface area (Å²) in [6.45, 7) is 6.53. The topological polar surface area (TPSA) is 70.7 Å². The first kappa shape index (κ1) is 20.3. The van der Waals surface area contributed by atoms with E-state index in [1.54, 1.807) is 12.1 Å². The number of morpholine rings is 1. The van der Waals surface area contributed by atoms with Gasteiger partial charge >= 0.3 is 0 Å². The van der Waals surface area contributed by atoms with Gasteiger partial charge in [-0.25, -0.2) is 4.39 Å². The van der Waals surface area contributed by atoms with Crippen LogP contribution in [0.4, 0.5) is 4.39 Å². The maximum atomic E-state index is 13.0. The number of benzene rings is 1. The van der Waals surface area contributed by atoms with Crippen LogP contribution in [0, 0.1) is 5.82 Å². The Balaban J connectivity index is 1.64. The first-order valence-electron chi connectivity index (χ1n) is 9.17. The Morgan fingerprint density at radius 1 is 1.15 bits per heavy atom. The second-order valence-electron chi connectivity index (χ2n) is 6.44. The monoisotopic (exact) mass is 365 g/mol. The van der Waals surface area contributed by atoms with E-state index in [0.717, 1.165) is 44.8 Å². The van der Waals surface area contributed by atoms with Crippen molar-refractivity contribution in [1.29, 1.82) is 0 Å². The summed E-state index contributed by atoms with van der Waals surface area (Å²) in [5.74, 6) is -0.646. The van der Waals surface area contributed by atoms with Crippen molar-refractivity contribution in [2.24, 2.45) is 0 Å². The number of nitrogens with one attached hydrogen (secondary N) is 2. The Morgan fingerprint density at radius 3 is 2.50 bits per heavy atom. The van der Waals surface area contributed by atoms with Crippen molar-refractivity contribution in [3.05, 3.63) is 35.6 Å². The minimum atomic E-state index is -0.290. The van der Waals surface area contributed by atoms with E-state index < -0.39 is 0 Å². The van der Waals surface area contributed by atoms with Gasteiger partial charge in [0.1, 0.15) is 5.82 Å². The first-order chi connectivity index (χ1) is 12.6. The molecule has 1 atom stereocenters. The number of hydrogen-bond donors (Lipinski definition) is 2. The maximum Gasteiger partial charge on any atom is 0.239 e.